The van der Waals surface area contributed by atoms with Gasteiger partial charge in [0.05, 0.1) is 10.6 Å². The average molecular weight is 328 g/mol. The van der Waals surface area contributed by atoms with Gasteiger partial charge in [0.1, 0.15) is 5.75 Å². The number of benzene rings is 1. The van der Waals surface area contributed by atoms with Crippen LogP contribution in [0.1, 0.15) is 16.3 Å². The first-order valence-electron chi connectivity index (χ1n) is 6.76. The third kappa shape index (κ3) is 2.53. The van der Waals surface area contributed by atoms with E-state index in [4.69, 9.17) is 5.10 Å². The van der Waals surface area contributed by atoms with Crippen LogP contribution in [-0.4, -0.2) is 31.4 Å². The van der Waals surface area contributed by atoms with Crippen LogP contribution in [0.3, 0.4) is 0 Å². The molecule has 0 aliphatic carbocycles. The van der Waals surface area contributed by atoms with Crippen molar-refractivity contribution in [3.63, 3.8) is 0 Å². The summed E-state index contributed by atoms with van der Waals surface area (Å²) in [5.41, 5.74) is 2.12. The molecule has 0 radical (unpaired) electrons. The topological polar surface area (TPSA) is 63.3 Å². The molecule has 1 N–H and O–H groups in total. The van der Waals surface area contributed by atoms with Gasteiger partial charge in [-0.05, 0) is 29.1 Å². The standard InChI is InChI=1S/C15H12N4OS2/c20-11-5-3-10(4-6-11)8-14-16-17-15-19(14)18-12(9-22-15)13-2-1-7-21-13/h1-7,20H,8-9H2. The van der Waals surface area contributed by atoms with Crippen LogP contribution in [0.2, 0.25) is 0 Å². The molecule has 7 heteroatoms. The highest BCUT2D eigenvalue weighted by Crippen LogP contribution is 2.26. The Morgan fingerprint density at radius 3 is 2.77 bits per heavy atom. The number of rotatable bonds is 3. The number of fused-ring (bicyclic) bond motifs is 1. The maximum absolute atomic E-state index is 9.36. The van der Waals surface area contributed by atoms with E-state index >= 15 is 0 Å². The minimum absolute atomic E-state index is 0.264. The van der Waals surface area contributed by atoms with Crippen LogP contribution in [0.5, 0.6) is 5.75 Å². The van der Waals surface area contributed by atoms with Crippen molar-refractivity contribution in [2.75, 3.05) is 5.75 Å². The molecule has 3 aromatic rings. The van der Waals surface area contributed by atoms with Crippen molar-refractivity contribution in [2.24, 2.45) is 5.10 Å². The first-order valence-corrected chi connectivity index (χ1v) is 8.63. The monoisotopic (exact) mass is 328 g/mol. The zero-order chi connectivity index (χ0) is 14.9. The van der Waals surface area contributed by atoms with Crippen LogP contribution in [-0.2, 0) is 6.42 Å². The Morgan fingerprint density at radius 1 is 1.14 bits per heavy atom. The molecule has 0 fully saturated rings. The quantitative estimate of drug-likeness (QED) is 0.803. The molecule has 0 saturated carbocycles. The number of phenols is 1. The second kappa shape index (κ2) is 5.58. The van der Waals surface area contributed by atoms with Gasteiger partial charge in [-0.15, -0.1) is 21.5 Å². The van der Waals surface area contributed by atoms with Crippen LogP contribution in [0.4, 0.5) is 0 Å². The summed E-state index contributed by atoms with van der Waals surface area (Å²) >= 11 is 3.35. The lowest BCUT2D eigenvalue weighted by Crippen LogP contribution is -2.13. The third-order valence-electron chi connectivity index (χ3n) is 3.34. The van der Waals surface area contributed by atoms with Crippen molar-refractivity contribution >= 4 is 28.8 Å². The van der Waals surface area contributed by atoms with Crippen molar-refractivity contribution in [3.05, 3.63) is 58.0 Å². The van der Waals surface area contributed by atoms with Crippen molar-refractivity contribution < 1.29 is 5.11 Å². The largest absolute Gasteiger partial charge is 0.508 e. The van der Waals surface area contributed by atoms with Crippen LogP contribution < -0.4 is 0 Å². The number of aromatic hydroxyl groups is 1. The van der Waals surface area contributed by atoms with E-state index in [-0.39, 0.29) is 5.75 Å². The molecule has 2 aromatic heterocycles. The summed E-state index contributed by atoms with van der Waals surface area (Å²) < 4.78 is 1.83. The maximum atomic E-state index is 9.36. The average Bonchev–Trinajstić information content (AvgIpc) is 3.19. The Bertz CT molecular complexity index is 822. The van der Waals surface area contributed by atoms with E-state index in [1.54, 1.807) is 35.2 Å². The highest BCUT2D eigenvalue weighted by Gasteiger charge is 2.20. The van der Waals surface area contributed by atoms with Crippen LogP contribution >= 0.6 is 23.1 Å². The molecule has 1 aromatic carbocycles. The number of phenolic OH excluding ortho intramolecular Hbond substituents is 1. The zero-order valence-electron chi connectivity index (χ0n) is 11.5. The molecule has 0 unspecified atom stereocenters. The highest BCUT2D eigenvalue weighted by atomic mass is 32.2. The van der Waals surface area contributed by atoms with Gasteiger partial charge in [0.15, 0.2) is 5.82 Å². The van der Waals surface area contributed by atoms with Gasteiger partial charge in [0, 0.05) is 12.2 Å². The van der Waals surface area contributed by atoms with Gasteiger partial charge >= 0.3 is 0 Å². The Morgan fingerprint density at radius 2 is 2.00 bits per heavy atom. The molecule has 110 valence electrons. The molecule has 22 heavy (non-hydrogen) atoms. The molecule has 4 rings (SSSR count). The molecule has 0 atom stereocenters. The fraction of sp³-hybridized carbons (Fsp3) is 0.133. The molecule has 5 nitrogen and oxygen atoms in total. The third-order valence-corrected chi connectivity index (χ3v) is 5.19. The van der Waals surface area contributed by atoms with Crippen LogP contribution in [0.25, 0.3) is 0 Å². The summed E-state index contributed by atoms with van der Waals surface area (Å²) in [5, 5.41) is 25.4. The van der Waals surface area contributed by atoms with Crippen LogP contribution in [0, 0.1) is 0 Å². The van der Waals surface area contributed by atoms with E-state index in [0.29, 0.717) is 6.42 Å². The minimum atomic E-state index is 0.264. The number of nitrogens with zero attached hydrogens (tertiary/aromatic N) is 4. The van der Waals surface area contributed by atoms with Gasteiger partial charge in [0.25, 0.3) is 0 Å². The summed E-state index contributed by atoms with van der Waals surface area (Å²) in [6.45, 7) is 0. The number of hydrogen-bond donors (Lipinski definition) is 1. The first-order chi connectivity index (χ1) is 10.8. The Balaban J connectivity index is 1.67. The predicted molar refractivity (Wildman–Crippen MR) is 87.9 cm³/mol. The second-order valence-corrected chi connectivity index (χ2v) is 6.76. The number of thiophene rings is 1. The van der Waals surface area contributed by atoms with Crippen molar-refractivity contribution in [1.29, 1.82) is 0 Å². The van der Waals surface area contributed by atoms with E-state index in [1.165, 1.54) is 4.88 Å². The molecule has 0 spiro atoms. The molecular formula is C15H12N4OS2. The molecule has 0 bridgehead atoms. The lowest BCUT2D eigenvalue weighted by atomic mass is 10.1. The zero-order valence-corrected chi connectivity index (χ0v) is 13.1. The highest BCUT2D eigenvalue weighted by molar-refractivity contribution is 7.99. The van der Waals surface area contributed by atoms with Gasteiger partial charge < -0.3 is 5.11 Å². The van der Waals surface area contributed by atoms with Gasteiger partial charge in [-0.25, -0.2) is 0 Å². The van der Waals surface area contributed by atoms with Crippen molar-refractivity contribution in [3.8, 4) is 5.75 Å². The predicted octanol–water partition coefficient (Wildman–Crippen LogP) is 2.99. The van der Waals surface area contributed by atoms with Gasteiger partial charge in [0.2, 0.25) is 5.16 Å². The van der Waals surface area contributed by atoms with E-state index in [1.807, 2.05) is 22.9 Å². The van der Waals surface area contributed by atoms with E-state index in [0.717, 1.165) is 28.0 Å². The fourth-order valence-corrected chi connectivity index (χ4v) is 3.89. The first kappa shape index (κ1) is 13.5. The molecule has 0 saturated heterocycles. The maximum Gasteiger partial charge on any atom is 0.212 e. The molecule has 3 heterocycles. The Labute approximate surface area is 135 Å². The SMILES string of the molecule is Oc1ccc(Cc2nnc3n2N=C(c2cccs2)CS3)cc1. The van der Waals surface area contributed by atoms with Crippen LogP contribution in [0.15, 0.2) is 52.0 Å². The summed E-state index contributed by atoms with van der Waals surface area (Å²) in [4.78, 5) is 1.18. The summed E-state index contributed by atoms with van der Waals surface area (Å²) in [5.74, 6) is 1.89. The second-order valence-electron chi connectivity index (χ2n) is 4.87. The molecular weight excluding hydrogens is 316 g/mol. The Kier molecular flexibility index (Phi) is 3.44. The minimum Gasteiger partial charge on any atom is -0.508 e. The number of aromatic nitrogens is 3. The molecule has 1 aliphatic heterocycles. The summed E-state index contributed by atoms with van der Waals surface area (Å²) in [6.07, 6.45) is 0.634. The normalized spacial score (nSPS) is 13.7. The van der Waals surface area contributed by atoms with E-state index in [2.05, 4.69) is 21.6 Å². The number of hydrogen-bond acceptors (Lipinski definition) is 6. The van der Waals surface area contributed by atoms with Gasteiger partial charge in [-0.1, -0.05) is 30.0 Å². The molecule has 1 aliphatic rings. The Hall–Kier alpha value is -2.12. The van der Waals surface area contributed by atoms with Gasteiger partial charge in [-0.3, -0.25) is 0 Å². The summed E-state index contributed by atoms with van der Waals surface area (Å²) in [7, 11) is 0. The fourth-order valence-electron chi connectivity index (χ4n) is 2.24. The summed E-state index contributed by atoms with van der Waals surface area (Å²) in [6, 6.07) is 11.2. The smallest absolute Gasteiger partial charge is 0.212 e. The van der Waals surface area contributed by atoms with Crippen molar-refractivity contribution in [1.82, 2.24) is 14.9 Å². The lowest BCUT2D eigenvalue weighted by Gasteiger charge is -2.12. The lowest BCUT2D eigenvalue weighted by molar-refractivity contribution is 0.475. The van der Waals surface area contributed by atoms with Gasteiger partial charge in [-0.2, -0.15) is 9.78 Å². The van der Waals surface area contributed by atoms with E-state index < -0.39 is 0 Å². The van der Waals surface area contributed by atoms with E-state index in [9.17, 15) is 5.11 Å². The molecule has 0 amide bonds. The van der Waals surface area contributed by atoms with Crippen molar-refractivity contribution in [2.45, 2.75) is 11.6 Å². The number of thioether (sulfide) groups is 1.